The van der Waals surface area contributed by atoms with Gasteiger partial charge in [-0.3, -0.25) is 19.6 Å². The third kappa shape index (κ3) is 13.6. The Morgan fingerprint density at radius 1 is 0.255 bits per heavy atom. The van der Waals surface area contributed by atoms with Crippen LogP contribution in [0.15, 0.2) is 121 Å². The van der Waals surface area contributed by atoms with Gasteiger partial charge in [-0.25, -0.2) is 0 Å². The summed E-state index contributed by atoms with van der Waals surface area (Å²) in [5, 5.41) is 0. The van der Waals surface area contributed by atoms with Crippen LogP contribution in [0.2, 0.25) is 0 Å². The van der Waals surface area contributed by atoms with Crippen LogP contribution in [0, 0.1) is 0 Å². The molecule has 4 aromatic rings. The lowest BCUT2D eigenvalue weighted by atomic mass is 10.2. The van der Waals surface area contributed by atoms with Crippen LogP contribution in [0.5, 0.6) is 0 Å². The van der Waals surface area contributed by atoms with Gasteiger partial charge in [0.05, 0.1) is 0 Å². The summed E-state index contributed by atoms with van der Waals surface area (Å²) in [6, 6.07) is 44.2. The van der Waals surface area contributed by atoms with Crippen molar-refractivity contribution in [2.45, 2.75) is 45.4 Å². The molecule has 0 amide bonds. The number of benzene rings is 4. The van der Waals surface area contributed by atoms with Gasteiger partial charge in [0.1, 0.15) is 0 Å². The largest absolute Gasteiger partial charge is 0.301 e. The molecule has 0 unspecified atom stereocenters. The van der Waals surface area contributed by atoms with E-state index in [2.05, 4.69) is 151 Å². The molecule has 0 saturated carbocycles. The minimum atomic E-state index is 1.04. The molecule has 0 aliphatic carbocycles. The Morgan fingerprint density at radius 3 is 0.706 bits per heavy atom. The molecule has 51 heavy (non-hydrogen) atoms. The Balaban J connectivity index is 0.996. The molecule has 2 saturated heterocycles. The third-order valence-electron chi connectivity index (χ3n) is 10.8. The molecule has 4 aromatic carbocycles. The molecule has 2 fully saturated rings. The average molecular weight is 687 g/mol. The first kappa shape index (κ1) is 37.4. The van der Waals surface area contributed by atoms with Crippen molar-refractivity contribution in [3.05, 3.63) is 144 Å². The molecule has 0 bridgehead atoms. The van der Waals surface area contributed by atoms with E-state index in [9.17, 15) is 0 Å². The topological polar surface area (TPSA) is 19.4 Å². The predicted octanol–water partition coefficient (Wildman–Crippen LogP) is 6.80. The lowest BCUT2D eigenvalue weighted by Gasteiger charge is -2.27. The van der Waals surface area contributed by atoms with Gasteiger partial charge in [0.25, 0.3) is 0 Å². The normalized spacial score (nSPS) is 18.7. The molecule has 6 heteroatoms. The standard InChI is InChI=1S/C45H62N6/c1-6-16-42(17-7-1)38-48-30-26-46(27-31-49(35-34-48)39-43-18-8-2-9-19-43)24-14-5-15-25-47-28-32-50(40-44-20-10-3-11-21-44)36-37-51(33-29-47)41-45-22-12-4-13-23-45/h1-4,6-13,16-23H,5,14-15,24-41H2. The smallest absolute Gasteiger partial charge is 0.0234 e. The molecule has 272 valence electrons. The van der Waals surface area contributed by atoms with E-state index in [4.69, 9.17) is 0 Å². The van der Waals surface area contributed by atoms with Gasteiger partial charge in [-0.05, 0) is 48.2 Å². The van der Waals surface area contributed by atoms with E-state index < -0.39 is 0 Å². The van der Waals surface area contributed by atoms with Crippen molar-refractivity contribution in [2.24, 2.45) is 0 Å². The van der Waals surface area contributed by atoms with Crippen LogP contribution in [0.1, 0.15) is 41.5 Å². The lowest BCUT2D eigenvalue weighted by Crippen LogP contribution is -2.37. The van der Waals surface area contributed by atoms with Crippen molar-refractivity contribution in [1.29, 1.82) is 0 Å². The Bertz CT molecular complexity index is 1250. The minimum Gasteiger partial charge on any atom is -0.301 e. The van der Waals surface area contributed by atoms with Crippen molar-refractivity contribution in [1.82, 2.24) is 29.4 Å². The van der Waals surface area contributed by atoms with Crippen LogP contribution in [-0.4, -0.2) is 121 Å². The van der Waals surface area contributed by atoms with E-state index in [1.54, 1.807) is 0 Å². The number of hydrogen-bond acceptors (Lipinski definition) is 6. The van der Waals surface area contributed by atoms with Gasteiger partial charge in [0, 0.05) is 105 Å². The molecule has 2 aliphatic rings. The maximum atomic E-state index is 2.75. The predicted molar refractivity (Wildman–Crippen MR) is 214 cm³/mol. The van der Waals surface area contributed by atoms with Gasteiger partial charge in [-0.2, -0.15) is 0 Å². The van der Waals surface area contributed by atoms with Gasteiger partial charge in [-0.15, -0.1) is 0 Å². The fraction of sp³-hybridized carbons (Fsp3) is 0.467. The van der Waals surface area contributed by atoms with Crippen molar-refractivity contribution < 1.29 is 0 Å². The highest BCUT2D eigenvalue weighted by atomic mass is 15.3. The molecule has 6 nitrogen and oxygen atoms in total. The molecule has 6 rings (SSSR count). The number of hydrogen-bond donors (Lipinski definition) is 0. The zero-order valence-corrected chi connectivity index (χ0v) is 31.1. The maximum Gasteiger partial charge on any atom is 0.0234 e. The van der Waals surface area contributed by atoms with Gasteiger partial charge < -0.3 is 9.80 Å². The summed E-state index contributed by atoms with van der Waals surface area (Å²) in [6.45, 7) is 20.2. The van der Waals surface area contributed by atoms with Crippen LogP contribution >= 0.6 is 0 Å². The van der Waals surface area contributed by atoms with Crippen LogP contribution in [0.25, 0.3) is 0 Å². The molecule has 0 radical (unpaired) electrons. The Labute approximate surface area is 309 Å². The Kier molecular flexibility index (Phi) is 15.6. The minimum absolute atomic E-state index is 1.04. The second-order valence-electron chi connectivity index (χ2n) is 14.8. The summed E-state index contributed by atoms with van der Waals surface area (Å²) in [4.78, 5) is 16.2. The monoisotopic (exact) mass is 687 g/mol. The molecule has 0 aromatic heterocycles. The van der Waals surface area contributed by atoms with Crippen LogP contribution in [-0.2, 0) is 26.2 Å². The Hall–Kier alpha value is -3.36. The van der Waals surface area contributed by atoms with Crippen molar-refractivity contribution in [3.8, 4) is 0 Å². The maximum absolute atomic E-state index is 2.75. The van der Waals surface area contributed by atoms with Gasteiger partial charge in [-0.1, -0.05) is 128 Å². The van der Waals surface area contributed by atoms with E-state index in [0.717, 1.165) is 105 Å². The molecular formula is C45H62N6. The third-order valence-corrected chi connectivity index (χ3v) is 10.8. The van der Waals surface area contributed by atoms with E-state index in [1.807, 2.05) is 0 Å². The summed E-state index contributed by atoms with van der Waals surface area (Å²) in [5.74, 6) is 0. The second-order valence-corrected chi connectivity index (χ2v) is 14.8. The van der Waals surface area contributed by atoms with Gasteiger partial charge in [0.2, 0.25) is 0 Å². The first-order valence-electron chi connectivity index (χ1n) is 19.7. The summed E-state index contributed by atoms with van der Waals surface area (Å²) < 4.78 is 0. The van der Waals surface area contributed by atoms with Crippen molar-refractivity contribution in [3.63, 3.8) is 0 Å². The summed E-state index contributed by atoms with van der Waals surface area (Å²) in [5.41, 5.74) is 5.68. The van der Waals surface area contributed by atoms with E-state index in [-0.39, 0.29) is 0 Å². The average Bonchev–Trinajstić information content (AvgIpc) is 3.32. The zero-order valence-electron chi connectivity index (χ0n) is 31.1. The first-order valence-corrected chi connectivity index (χ1v) is 19.7. The van der Waals surface area contributed by atoms with Crippen LogP contribution in [0.3, 0.4) is 0 Å². The van der Waals surface area contributed by atoms with E-state index in [0.29, 0.717) is 0 Å². The number of rotatable bonds is 14. The quantitative estimate of drug-likeness (QED) is 0.135. The molecule has 0 N–H and O–H groups in total. The molecule has 0 spiro atoms. The van der Waals surface area contributed by atoms with Crippen molar-refractivity contribution >= 4 is 0 Å². The molecular weight excluding hydrogens is 625 g/mol. The van der Waals surface area contributed by atoms with E-state index in [1.165, 1.54) is 54.6 Å². The van der Waals surface area contributed by atoms with Gasteiger partial charge in [0.15, 0.2) is 0 Å². The lowest BCUT2D eigenvalue weighted by molar-refractivity contribution is 0.202. The van der Waals surface area contributed by atoms with Crippen LogP contribution in [0.4, 0.5) is 0 Å². The number of nitrogens with zero attached hydrogens (tertiary/aromatic N) is 6. The first-order chi connectivity index (χ1) is 25.2. The van der Waals surface area contributed by atoms with Gasteiger partial charge >= 0.3 is 0 Å². The summed E-state index contributed by atoms with van der Waals surface area (Å²) >= 11 is 0. The highest BCUT2D eigenvalue weighted by Crippen LogP contribution is 2.13. The SMILES string of the molecule is c1ccc(CN2CCN(CCCCCN3CCN(Cc4ccccc4)CCN(Cc4ccccc4)CC3)CCN(Cc3ccccc3)CC2)cc1. The Morgan fingerprint density at radius 2 is 0.471 bits per heavy atom. The summed E-state index contributed by atoms with van der Waals surface area (Å²) in [6.07, 6.45) is 3.87. The number of unbranched alkanes of at least 4 members (excludes halogenated alkanes) is 2. The van der Waals surface area contributed by atoms with Crippen LogP contribution < -0.4 is 0 Å². The highest BCUT2D eigenvalue weighted by Gasteiger charge is 2.19. The fourth-order valence-electron chi connectivity index (χ4n) is 7.66. The summed E-state index contributed by atoms with van der Waals surface area (Å²) in [7, 11) is 0. The molecule has 2 aliphatic heterocycles. The molecule has 2 heterocycles. The van der Waals surface area contributed by atoms with Crippen molar-refractivity contribution in [2.75, 3.05) is 91.6 Å². The molecule has 0 atom stereocenters. The highest BCUT2D eigenvalue weighted by molar-refractivity contribution is 5.17. The fourth-order valence-corrected chi connectivity index (χ4v) is 7.66. The zero-order chi connectivity index (χ0) is 34.8. The second kappa shape index (κ2) is 21.2. The van der Waals surface area contributed by atoms with E-state index >= 15 is 0 Å².